The molecule has 5 nitrogen and oxygen atoms in total. The predicted octanol–water partition coefficient (Wildman–Crippen LogP) is 2.50. The van der Waals surface area contributed by atoms with Crippen LogP contribution >= 0.6 is 11.3 Å². The molecule has 0 amide bonds. The van der Waals surface area contributed by atoms with Crippen molar-refractivity contribution in [1.29, 1.82) is 0 Å². The Morgan fingerprint density at radius 3 is 2.87 bits per heavy atom. The van der Waals surface area contributed by atoms with Crippen molar-refractivity contribution in [3.05, 3.63) is 40.7 Å². The second kappa shape index (κ2) is 6.39. The minimum Gasteiger partial charge on any atom is -0.464 e. The number of esters is 1. The van der Waals surface area contributed by atoms with Crippen molar-refractivity contribution in [3.8, 4) is 11.3 Å². The number of nitrogens with zero attached hydrogens (tertiary/aromatic N) is 2. The summed E-state index contributed by atoms with van der Waals surface area (Å²) in [6.45, 7) is 2.62. The quantitative estimate of drug-likeness (QED) is 0.810. The summed E-state index contributed by atoms with van der Waals surface area (Å²) in [7, 11) is 0. The molecule has 0 radical (unpaired) electrons. The first-order chi connectivity index (χ1) is 11.3. The van der Waals surface area contributed by atoms with Crippen molar-refractivity contribution in [3.63, 3.8) is 0 Å². The number of thiazole rings is 1. The van der Waals surface area contributed by atoms with Crippen LogP contribution in [0.25, 0.3) is 11.3 Å². The van der Waals surface area contributed by atoms with Gasteiger partial charge in [0.1, 0.15) is 17.2 Å². The summed E-state index contributed by atoms with van der Waals surface area (Å²) in [6.07, 6.45) is 0.707. The number of carbonyl (C=O) groups is 1. The van der Waals surface area contributed by atoms with Crippen molar-refractivity contribution in [2.45, 2.75) is 18.6 Å². The molecule has 0 unspecified atom stereocenters. The molecule has 2 atom stereocenters. The summed E-state index contributed by atoms with van der Waals surface area (Å²) >= 11 is 1.62. The third-order valence-corrected chi connectivity index (χ3v) is 5.25. The maximum Gasteiger partial charge on any atom is 0.323 e. The number of aromatic nitrogens is 1. The molecule has 0 N–H and O–H groups in total. The Bertz CT molecular complexity index is 688. The highest BCUT2D eigenvalue weighted by Gasteiger charge is 2.36. The first kappa shape index (κ1) is 14.8. The van der Waals surface area contributed by atoms with E-state index in [-0.39, 0.29) is 18.1 Å². The van der Waals surface area contributed by atoms with Gasteiger partial charge < -0.3 is 9.47 Å². The zero-order valence-corrected chi connectivity index (χ0v) is 13.5. The van der Waals surface area contributed by atoms with Gasteiger partial charge in [-0.2, -0.15) is 0 Å². The Labute approximate surface area is 138 Å². The molecule has 0 bridgehead atoms. The van der Waals surface area contributed by atoms with Crippen LogP contribution in [0.4, 0.5) is 0 Å². The van der Waals surface area contributed by atoms with Crippen LogP contribution in [0.1, 0.15) is 17.5 Å². The zero-order valence-electron chi connectivity index (χ0n) is 12.7. The number of benzene rings is 1. The molecule has 0 saturated carbocycles. The van der Waals surface area contributed by atoms with Crippen LogP contribution in [-0.4, -0.2) is 48.2 Å². The van der Waals surface area contributed by atoms with Gasteiger partial charge in [-0.3, -0.25) is 9.69 Å². The molecule has 3 heterocycles. The fraction of sp³-hybridized carbons (Fsp3) is 0.412. The molecule has 2 aliphatic rings. The molecule has 6 heteroatoms. The van der Waals surface area contributed by atoms with Crippen molar-refractivity contribution in [1.82, 2.24) is 9.88 Å². The van der Waals surface area contributed by atoms with Gasteiger partial charge in [0, 0.05) is 30.5 Å². The predicted molar refractivity (Wildman–Crippen MR) is 87.2 cm³/mol. The van der Waals surface area contributed by atoms with E-state index in [1.807, 2.05) is 18.2 Å². The molecule has 120 valence electrons. The standard InChI is InChI=1S/C17H18N2O3S/c20-17-14(6-8-22-17)19-7-9-21-15(10-19)16-18-13(11-23-16)12-4-2-1-3-5-12/h1-5,11,14-15H,6-10H2/t14-,15+/m1/s1. The highest BCUT2D eigenvalue weighted by atomic mass is 32.1. The Morgan fingerprint density at radius 2 is 2.09 bits per heavy atom. The summed E-state index contributed by atoms with van der Waals surface area (Å²) in [5.41, 5.74) is 2.09. The van der Waals surface area contributed by atoms with Crippen LogP contribution in [0.3, 0.4) is 0 Å². The lowest BCUT2D eigenvalue weighted by atomic mass is 10.1. The van der Waals surface area contributed by atoms with Gasteiger partial charge >= 0.3 is 5.97 Å². The summed E-state index contributed by atoms with van der Waals surface area (Å²) in [4.78, 5) is 18.7. The Hall–Kier alpha value is -1.76. The van der Waals surface area contributed by atoms with E-state index in [0.717, 1.165) is 29.2 Å². The van der Waals surface area contributed by atoms with Crippen LogP contribution in [0.2, 0.25) is 0 Å². The fourth-order valence-electron chi connectivity index (χ4n) is 3.10. The Balaban J connectivity index is 1.50. The van der Waals surface area contributed by atoms with Crippen LogP contribution in [0.5, 0.6) is 0 Å². The molecule has 2 aliphatic heterocycles. The van der Waals surface area contributed by atoms with E-state index in [4.69, 9.17) is 14.5 Å². The summed E-state index contributed by atoms with van der Waals surface area (Å²) in [5.74, 6) is -0.102. The molecule has 0 spiro atoms. The average molecular weight is 330 g/mol. The van der Waals surface area contributed by atoms with Gasteiger partial charge in [-0.25, -0.2) is 4.98 Å². The van der Waals surface area contributed by atoms with E-state index in [1.54, 1.807) is 11.3 Å². The zero-order chi connectivity index (χ0) is 15.6. The first-order valence-corrected chi connectivity index (χ1v) is 8.72. The molecule has 1 aromatic carbocycles. The molecule has 0 aliphatic carbocycles. The van der Waals surface area contributed by atoms with E-state index in [2.05, 4.69) is 22.4 Å². The third-order valence-electron chi connectivity index (χ3n) is 4.31. The number of rotatable bonds is 3. The molecular formula is C17H18N2O3S. The minimum atomic E-state index is -0.116. The highest BCUT2D eigenvalue weighted by molar-refractivity contribution is 7.10. The van der Waals surface area contributed by atoms with Gasteiger partial charge in [0.15, 0.2) is 0 Å². The summed E-state index contributed by atoms with van der Waals surface area (Å²) in [6, 6.07) is 10.0. The highest BCUT2D eigenvalue weighted by Crippen LogP contribution is 2.30. The van der Waals surface area contributed by atoms with Crippen molar-refractivity contribution in [2.24, 2.45) is 0 Å². The second-order valence-corrected chi connectivity index (χ2v) is 6.65. The lowest BCUT2D eigenvalue weighted by molar-refractivity contribution is -0.144. The van der Waals surface area contributed by atoms with Crippen molar-refractivity contribution < 1.29 is 14.3 Å². The van der Waals surface area contributed by atoms with Crippen LogP contribution in [0, 0.1) is 0 Å². The van der Waals surface area contributed by atoms with Gasteiger partial charge in [-0.05, 0) is 0 Å². The second-order valence-electron chi connectivity index (χ2n) is 5.76. The summed E-state index contributed by atoms with van der Waals surface area (Å²) in [5, 5.41) is 3.04. The van der Waals surface area contributed by atoms with Crippen LogP contribution in [0.15, 0.2) is 35.7 Å². The number of hydrogen-bond acceptors (Lipinski definition) is 6. The molecule has 23 heavy (non-hydrogen) atoms. The summed E-state index contributed by atoms with van der Waals surface area (Å²) < 4.78 is 11.0. The van der Waals surface area contributed by atoms with E-state index < -0.39 is 0 Å². The van der Waals surface area contributed by atoms with Gasteiger partial charge in [0.25, 0.3) is 0 Å². The molecular weight excluding hydrogens is 312 g/mol. The van der Waals surface area contributed by atoms with E-state index in [9.17, 15) is 4.79 Å². The Kier molecular flexibility index (Phi) is 4.11. The van der Waals surface area contributed by atoms with Crippen molar-refractivity contribution >= 4 is 17.3 Å². The molecule has 1 aromatic heterocycles. The third kappa shape index (κ3) is 3.02. The van der Waals surface area contributed by atoms with Gasteiger partial charge in [0.2, 0.25) is 0 Å². The van der Waals surface area contributed by atoms with E-state index in [0.29, 0.717) is 19.8 Å². The monoisotopic (exact) mass is 330 g/mol. The fourth-order valence-corrected chi connectivity index (χ4v) is 3.96. The molecule has 4 rings (SSSR count). The van der Waals surface area contributed by atoms with E-state index in [1.165, 1.54) is 0 Å². The number of morpholine rings is 1. The first-order valence-electron chi connectivity index (χ1n) is 7.84. The number of cyclic esters (lactones) is 1. The molecule has 2 aromatic rings. The molecule has 2 saturated heterocycles. The number of ether oxygens (including phenoxy) is 2. The van der Waals surface area contributed by atoms with Gasteiger partial charge in [-0.15, -0.1) is 11.3 Å². The normalized spacial score (nSPS) is 25.5. The smallest absolute Gasteiger partial charge is 0.323 e. The Morgan fingerprint density at radius 1 is 1.22 bits per heavy atom. The number of hydrogen-bond donors (Lipinski definition) is 0. The molecule has 2 fully saturated rings. The average Bonchev–Trinajstić information content (AvgIpc) is 3.25. The largest absolute Gasteiger partial charge is 0.464 e. The lowest BCUT2D eigenvalue weighted by Gasteiger charge is -2.34. The van der Waals surface area contributed by atoms with Gasteiger partial charge in [-0.1, -0.05) is 30.3 Å². The SMILES string of the molecule is O=C1OCC[C@H]1N1CCO[C@H](c2nc(-c3ccccc3)cs2)C1. The van der Waals surface area contributed by atoms with Crippen LogP contribution < -0.4 is 0 Å². The van der Waals surface area contributed by atoms with Crippen molar-refractivity contribution in [2.75, 3.05) is 26.3 Å². The number of carbonyl (C=O) groups excluding carboxylic acids is 1. The lowest BCUT2D eigenvalue weighted by Crippen LogP contribution is -2.46. The van der Waals surface area contributed by atoms with Crippen LogP contribution in [-0.2, 0) is 14.3 Å². The maximum absolute atomic E-state index is 11.8. The van der Waals surface area contributed by atoms with Gasteiger partial charge in [0.05, 0.1) is 18.9 Å². The maximum atomic E-state index is 11.8. The minimum absolute atomic E-state index is 0.0698. The van der Waals surface area contributed by atoms with E-state index >= 15 is 0 Å². The topological polar surface area (TPSA) is 51.7 Å².